The minimum atomic E-state index is 0.328. The number of anilines is 2. The van der Waals surface area contributed by atoms with Crippen molar-refractivity contribution in [2.24, 2.45) is 11.1 Å². The van der Waals surface area contributed by atoms with Crippen molar-refractivity contribution < 1.29 is 0 Å². The lowest BCUT2D eigenvalue weighted by Gasteiger charge is -2.42. The summed E-state index contributed by atoms with van der Waals surface area (Å²) in [6.45, 7) is 1.91. The summed E-state index contributed by atoms with van der Waals surface area (Å²) in [7, 11) is 0. The Hall–Kier alpha value is -1.21. The number of rotatable bonds is 3. The fourth-order valence-corrected chi connectivity index (χ4v) is 5.53. The van der Waals surface area contributed by atoms with Crippen molar-refractivity contribution >= 4 is 46.6 Å². The summed E-state index contributed by atoms with van der Waals surface area (Å²) in [6, 6.07) is 5.84. The largest absolute Gasteiger partial charge is 0.381 e. The Kier molecular flexibility index (Phi) is 5.43. The second-order valence-electron chi connectivity index (χ2n) is 7.42. The Balaban J connectivity index is 1.47. The molecule has 2 heterocycles. The summed E-state index contributed by atoms with van der Waals surface area (Å²) < 4.78 is 0. The lowest BCUT2D eigenvalue weighted by Crippen LogP contribution is -2.47. The van der Waals surface area contributed by atoms with Gasteiger partial charge < -0.3 is 16.4 Å². The van der Waals surface area contributed by atoms with Crippen LogP contribution < -0.4 is 16.4 Å². The molecule has 0 radical (unpaired) electrons. The zero-order valence-corrected chi connectivity index (χ0v) is 17.3. The van der Waals surface area contributed by atoms with Gasteiger partial charge in [-0.15, -0.1) is 0 Å². The first-order chi connectivity index (χ1) is 13.0. The number of hydrogen-bond acceptors (Lipinski definition) is 6. The molecule has 4 N–H and O–H groups in total. The highest BCUT2D eigenvalue weighted by molar-refractivity contribution is 7.99. The van der Waals surface area contributed by atoms with E-state index in [2.05, 4.69) is 14.9 Å². The van der Waals surface area contributed by atoms with Crippen LogP contribution in [0.1, 0.15) is 32.1 Å². The molecule has 5 nitrogen and oxygen atoms in total. The molecule has 1 saturated heterocycles. The van der Waals surface area contributed by atoms with Crippen LogP contribution >= 0.6 is 35.0 Å². The van der Waals surface area contributed by atoms with Gasteiger partial charge in [-0.1, -0.05) is 47.5 Å². The summed E-state index contributed by atoms with van der Waals surface area (Å²) in [4.78, 5) is 12.2. The van der Waals surface area contributed by atoms with Gasteiger partial charge in [-0.3, -0.25) is 0 Å². The first-order valence-electron chi connectivity index (χ1n) is 9.23. The number of aromatic nitrogens is 2. The van der Waals surface area contributed by atoms with Crippen LogP contribution in [0.5, 0.6) is 0 Å². The van der Waals surface area contributed by atoms with Crippen molar-refractivity contribution in [2.75, 3.05) is 23.7 Å². The van der Waals surface area contributed by atoms with Crippen LogP contribution in [0.4, 0.5) is 11.6 Å². The van der Waals surface area contributed by atoms with Crippen LogP contribution in [0.3, 0.4) is 0 Å². The van der Waals surface area contributed by atoms with Gasteiger partial charge in [0, 0.05) is 24.0 Å². The minimum absolute atomic E-state index is 0.328. The van der Waals surface area contributed by atoms with Gasteiger partial charge in [0.1, 0.15) is 10.8 Å². The predicted octanol–water partition coefficient (Wildman–Crippen LogP) is 4.61. The molecule has 1 aliphatic carbocycles. The number of hydrogen-bond donors (Lipinski definition) is 2. The molecule has 144 valence electrons. The zero-order valence-electron chi connectivity index (χ0n) is 15.0. The molecule has 1 aromatic heterocycles. The lowest BCUT2D eigenvalue weighted by atomic mass is 9.74. The lowest BCUT2D eigenvalue weighted by molar-refractivity contribution is 0.197. The fraction of sp³-hybridized carbons (Fsp3) is 0.474. The summed E-state index contributed by atoms with van der Waals surface area (Å²) in [6.07, 6.45) is 7.70. The third kappa shape index (κ3) is 3.73. The molecule has 1 saturated carbocycles. The Morgan fingerprint density at radius 1 is 1.19 bits per heavy atom. The molecule has 2 fully saturated rings. The number of nitrogen functional groups attached to an aromatic ring is 1. The molecule has 1 atom stereocenters. The van der Waals surface area contributed by atoms with E-state index >= 15 is 0 Å². The summed E-state index contributed by atoms with van der Waals surface area (Å²) in [5, 5.41) is 1.65. The van der Waals surface area contributed by atoms with E-state index in [1.54, 1.807) is 12.3 Å². The van der Waals surface area contributed by atoms with Crippen molar-refractivity contribution in [1.29, 1.82) is 0 Å². The molecule has 1 spiro atoms. The molecule has 0 bridgehead atoms. The van der Waals surface area contributed by atoms with E-state index in [-0.39, 0.29) is 0 Å². The number of nitrogens with two attached hydrogens (primary N) is 2. The molecule has 2 aliphatic rings. The number of benzene rings is 1. The number of nitrogens with zero attached hydrogens (tertiary/aromatic N) is 3. The van der Waals surface area contributed by atoms with Crippen molar-refractivity contribution in [3.8, 4) is 0 Å². The molecule has 4 rings (SSSR count). The summed E-state index contributed by atoms with van der Waals surface area (Å²) in [5.41, 5.74) is 12.9. The Morgan fingerprint density at radius 3 is 2.63 bits per heavy atom. The van der Waals surface area contributed by atoms with Crippen molar-refractivity contribution in [2.45, 2.75) is 48.1 Å². The molecule has 0 amide bonds. The van der Waals surface area contributed by atoms with E-state index < -0.39 is 0 Å². The average molecular weight is 424 g/mol. The Morgan fingerprint density at radius 2 is 1.96 bits per heavy atom. The van der Waals surface area contributed by atoms with E-state index in [9.17, 15) is 0 Å². The molecular weight excluding hydrogens is 401 g/mol. The monoisotopic (exact) mass is 423 g/mol. The van der Waals surface area contributed by atoms with Gasteiger partial charge in [-0.05, 0) is 43.2 Å². The van der Waals surface area contributed by atoms with Gasteiger partial charge in [0.25, 0.3) is 0 Å². The van der Waals surface area contributed by atoms with E-state index in [1.807, 2.05) is 12.1 Å². The molecule has 1 unspecified atom stereocenters. The highest BCUT2D eigenvalue weighted by Crippen LogP contribution is 2.46. The predicted molar refractivity (Wildman–Crippen MR) is 113 cm³/mol. The number of piperidine rings is 1. The maximum atomic E-state index is 6.38. The summed E-state index contributed by atoms with van der Waals surface area (Å²) >= 11 is 13.7. The van der Waals surface area contributed by atoms with Crippen LogP contribution in [0.2, 0.25) is 10.0 Å². The topological polar surface area (TPSA) is 81.1 Å². The summed E-state index contributed by atoms with van der Waals surface area (Å²) in [5.74, 6) is 1.24. The zero-order chi connectivity index (χ0) is 19.0. The highest BCUT2D eigenvalue weighted by atomic mass is 35.5. The van der Waals surface area contributed by atoms with E-state index in [0.29, 0.717) is 32.3 Å². The van der Waals surface area contributed by atoms with Crippen LogP contribution in [0.25, 0.3) is 0 Å². The van der Waals surface area contributed by atoms with E-state index in [4.69, 9.17) is 34.7 Å². The van der Waals surface area contributed by atoms with Gasteiger partial charge >= 0.3 is 0 Å². The van der Waals surface area contributed by atoms with Crippen LogP contribution in [-0.2, 0) is 0 Å². The van der Waals surface area contributed by atoms with Crippen molar-refractivity contribution in [3.63, 3.8) is 0 Å². The second kappa shape index (κ2) is 7.66. The molecule has 2 aromatic rings. The third-order valence-corrected chi connectivity index (χ3v) is 7.93. The van der Waals surface area contributed by atoms with Gasteiger partial charge in [-0.25, -0.2) is 9.97 Å². The van der Waals surface area contributed by atoms with Gasteiger partial charge in [0.15, 0.2) is 5.82 Å². The van der Waals surface area contributed by atoms with Crippen LogP contribution in [0, 0.1) is 5.41 Å². The van der Waals surface area contributed by atoms with Crippen molar-refractivity contribution in [3.05, 3.63) is 34.4 Å². The van der Waals surface area contributed by atoms with E-state index in [0.717, 1.165) is 43.1 Å². The van der Waals surface area contributed by atoms with Crippen molar-refractivity contribution in [1.82, 2.24) is 9.97 Å². The standard InChI is InChI=1S/C19H23Cl2N5S/c20-12-3-1-4-13(16(12)21)27-18-17(23)25-15(11-24-18)26-9-7-19(8-10-26)6-2-5-14(19)22/h1,3-4,11,14H,2,5-10,22H2,(H2,23,25). The second-order valence-corrected chi connectivity index (χ2v) is 9.24. The molecule has 27 heavy (non-hydrogen) atoms. The fourth-order valence-electron chi connectivity index (χ4n) is 4.25. The normalized spacial score (nSPS) is 21.7. The van der Waals surface area contributed by atoms with Crippen LogP contribution in [-0.4, -0.2) is 29.1 Å². The molecular formula is C19H23Cl2N5S. The quantitative estimate of drug-likeness (QED) is 0.749. The smallest absolute Gasteiger partial charge is 0.158 e. The SMILES string of the molecule is Nc1nc(N2CCC3(CCCC3N)CC2)cnc1Sc1cccc(Cl)c1Cl. The Labute approximate surface area is 173 Å². The first-order valence-corrected chi connectivity index (χ1v) is 10.8. The molecule has 1 aliphatic heterocycles. The maximum Gasteiger partial charge on any atom is 0.158 e. The Bertz CT molecular complexity index is 839. The highest BCUT2D eigenvalue weighted by Gasteiger charge is 2.43. The molecule has 8 heteroatoms. The third-order valence-electron chi connectivity index (χ3n) is 5.93. The van der Waals surface area contributed by atoms with E-state index in [1.165, 1.54) is 24.6 Å². The maximum absolute atomic E-state index is 6.38. The minimum Gasteiger partial charge on any atom is -0.381 e. The van der Waals surface area contributed by atoms with Gasteiger partial charge in [0.05, 0.1) is 16.2 Å². The van der Waals surface area contributed by atoms with Crippen LogP contribution in [0.15, 0.2) is 34.3 Å². The molecule has 1 aromatic carbocycles. The van der Waals surface area contributed by atoms with Gasteiger partial charge in [0.2, 0.25) is 0 Å². The number of halogens is 2. The average Bonchev–Trinajstić information content (AvgIpc) is 3.01. The van der Waals surface area contributed by atoms with Gasteiger partial charge in [-0.2, -0.15) is 0 Å². The first kappa shape index (κ1) is 19.1.